The fourth-order valence-corrected chi connectivity index (χ4v) is 5.04. The molecule has 0 aliphatic carbocycles. The van der Waals surface area contributed by atoms with Gasteiger partial charge in [-0.2, -0.15) is 0 Å². The number of hydrogen-bond donors (Lipinski definition) is 2. The van der Waals surface area contributed by atoms with Crippen LogP contribution >= 0.6 is 11.6 Å². The van der Waals surface area contributed by atoms with Gasteiger partial charge in [0, 0.05) is 29.7 Å². The largest absolute Gasteiger partial charge is 0.454 e. The highest BCUT2D eigenvalue weighted by Crippen LogP contribution is 2.47. The van der Waals surface area contributed by atoms with E-state index in [1.54, 1.807) is 6.07 Å². The van der Waals surface area contributed by atoms with Gasteiger partial charge in [-0.1, -0.05) is 29.8 Å². The first-order valence-corrected chi connectivity index (χ1v) is 10.7. The Morgan fingerprint density at radius 3 is 2.61 bits per heavy atom. The fraction of sp³-hybridized carbons (Fsp3) is 0.250. The number of rotatable bonds is 3. The van der Waals surface area contributed by atoms with E-state index >= 15 is 0 Å². The van der Waals surface area contributed by atoms with Crippen molar-refractivity contribution >= 4 is 17.3 Å². The number of nitrogens with one attached hydrogen (secondary N) is 2. The van der Waals surface area contributed by atoms with Crippen LogP contribution in [0.2, 0.25) is 5.02 Å². The highest BCUT2D eigenvalue weighted by Gasteiger charge is 2.43. The summed E-state index contributed by atoms with van der Waals surface area (Å²) in [4.78, 5) is 2.33. The summed E-state index contributed by atoms with van der Waals surface area (Å²) in [6.07, 6.45) is 0. The molecule has 0 saturated carbocycles. The molecule has 0 amide bonds. The Morgan fingerprint density at radius 2 is 1.74 bits per heavy atom. The molecule has 3 aromatic rings. The summed E-state index contributed by atoms with van der Waals surface area (Å²) < 4.78 is 25.2. The summed E-state index contributed by atoms with van der Waals surface area (Å²) in [6.45, 7) is 1.81. The first-order chi connectivity index (χ1) is 15.2. The van der Waals surface area contributed by atoms with Gasteiger partial charge in [0.15, 0.2) is 11.5 Å². The Morgan fingerprint density at radius 1 is 0.935 bits per heavy atom. The highest BCUT2D eigenvalue weighted by molar-refractivity contribution is 6.30. The first kappa shape index (κ1) is 18.9. The third-order valence-corrected chi connectivity index (χ3v) is 6.64. The molecule has 6 rings (SSSR count). The summed E-state index contributed by atoms with van der Waals surface area (Å²) >= 11 is 6.06. The van der Waals surface area contributed by atoms with Crippen LogP contribution in [-0.4, -0.2) is 13.3 Å². The SMILES string of the molecule is Fc1ccc2c(c1)C1NNC(c3ccc4c(c3)OCO4)C1CN2Cc1ccc(Cl)cc1. The van der Waals surface area contributed by atoms with Gasteiger partial charge in [0.1, 0.15) is 5.82 Å². The van der Waals surface area contributed by atoms with Gasteiger partial charge in [0.2, 0.25) is 6.79 Å². The minimum atomic E-state index is -0.223. The van der Waals surface area contributed by atoms with Crippen LogP contribution in [0, 0.1) is 11.7 Å². The van der Waals surface area contributed by atoms with Crippen molar-refractivity contribution < 1.29 is 13.9 Å². The van der Waals surface area contributed by atoms with Crippen LogP contribution in [0.15, 0.2) is 60.7 Å². The molecule has 3 aliphatic rings. The maximum atomic E-state index is 14.2. The lowest BCUT2D eigenvalue weighted by atomic mass is 9.82. The van der Waals surface area contributed by atoms with E-state index in [4.69, 9.17) is 21.1 Å². The first-order valence-electron chi connectivity index (χ1n) is 10.4. The minimum absolute atomic E-state index is 0.0163. The van der Waals surface area contributed by atoms with Crippen molar-refractivity contribution in [1.82, 2.24) is 10.9 Å². The second-order valence-electron chi connectivity index (χ2n) is 8.23. The summed E-state index contributed by atoms with van der Waals surface area (Å²) in [6, 6.07) is 19.1. The molecule has 1 saturated heterocycles. The maximum absolute atomic E-state index is 14.2. The lowest BCUT2D eigenvalue weighted by molar-refractivity contribution is 0.174. The highest BCUT2D eigenvalue weighted by atomic mass is 35.5. The molecule has 0 aromatic heterocycles. The molecule has 3 aromatic carbocycles. The van der Waals surface area contributed by atoms with Crippen LogP contribution in [0.1, 0.15) is 28.8 Å². The summed E-state index contributed by atoms with van der Waals surface area (Å²) in [5, 5.41) is 0.719. The van der Waals surface area contributed by atoms with Gasteiger partial charge in [-0.25, -0.2) is 15.2 Å². The Kier molecular flexibility index (Phi) is 4.52. The molecule has 5 nitrogen and oxygen atoms in total. The number of benzene rings is 3. The van der Waals surface area contributed by atoms with Crippen LogP contribution in [-0.2, 0) is 6.54 Å². The lowest BCUT2D eigenvalue weighted by Gasteiger charge is -2.39. The molecule has 31 heavy (non-hydrogen) atoms. The van der Waals surface area contributed by atoms with Gasteiger partial charge in [0.05, 0.1) is 12.1 Å². The topological polar surface area (TPSA) is 45.8 Å². The molecular formula is C24H21ClFN3O2. The fourth-order valence-electron chi connectivity index (χ4n) is 4.92. The molecule has 3 atom stereocenters. The Labute approximate surface area is 184 Å². The van der Waals surface area contributed by atoms with Crippen LogP contribution in [0.25, 0.3) is 0 Å². The Bertz CT molecular complexity index is 1140. The maximum Gasteiger partial charge on any atom is 0.231 e. The van der Waals surface area contributed by atoms with Crippen molar-refractivity contribution in [2.45, 2.75) is 18.6 Å². The van der Waals surface area contributed by atoms with Gasteiger partial charge in [-0.15, -0.1) is 0 Å². The van der Waals surface area contributed by atoms with E-state index < -0.39 is 0 Å². The predicted octanol–water partition coefficient (Wildman–Crippen LogP) is 4.73. The van der Waals surface area contributed by atoms with E-state index in [1.807, 2.05) is 42.5 Å². The zero-order valence-corrected chi connectivity index (χ0v) is 17.4. The number of ether oxygens (including phenoxy) is 2. The monoisotopic (exact) mass is 437 g/mol. The number of halogens is 2. The Balaban J connectivity index is 1.36. The Hall–Kier alpha value is -2.80. The van der Waals surface area contributed by atoms with Gasteiger partial charge in [-0.3, -0.25) is 0 Å². The molecule has 7 heteroatoms. The number of fused-ring (bicyclic) bond motifs is 4. The number of hydrazine groups is 1. The summed E-state index contributed by atoms with van der Waals surface area (Å²) in [5.41, 5.74) is 11.2. The molecular weight excluding hydrogens is 417 g/mol. The van der Waals surface area contributed by atoms with Crippen molar-refractivity contribution in [3.05, 3.63) is 88.2 Å². The molecule has 2 N–H and O–H groups in total. The number of hydrogen-bond acceptors (Lipinski definition) is 5. The average Bonchev–Trinajstić information content (AvgIpc) is 3.41. The smallest absolute Gasteiger partial charge is 0.231 e. The van der Waals surface area contributed by atoms with Crippen molar-refractivity contribution in [1.29, 1.82) is 0 Å². The zero-order valence-electron chi connectivity index (χ0n) is 16.6. The third-order valence-electron chi connectivity index (χ3n) is 6.39. The molecule has 0 radical (unpaired) electrons. The van der Waals surface area contributed by atoms with E-state index in [1.165, 1.54) is 6.07 Å². The van der Waals surface area contributed by atoms with Crippen LogP contribution in [0.3, 0.4) is 0 Å². The second-order valence-corrected chi connectivity index (χ2v) is 8.67. The van der Waals surface area contributed by atoms with Gasteiger partial charge < -0.3 is 14.4 Å². The lowest BCUT2D eigenvalue weighted by Crippen LogP contribution is -2.39. The number of nitrogens with zero attached hydrogens (tertiary/aromatic N) is 1. The van der Waals surface area contributed by atoms with E-state index in [2.05, 4.69) is 21.8 Å². The zero-order chi connectivity index (χ0) is 20.9. The normalized spacial score (nSPS) is 23.5. The standard InChI is InChI=1S/C24H21ClFN3O2/c25-16-4-1-14(2-5-16)11-29-12-19-23(15-3-8-21-22(9-15)31-13-30-21)27-28-24(19)18-10-17(26)6-7-20(18)29/h1-10,19,23-24,27-28H,11-13H2. The molecule has 0 spiro atoms. The van der Waals surface area contributed by atoms with Crippen molar-refractivity contribution in [2.24, 2.45) is 5.92 Å². The van der Waals surface area contributed by atoms with E-state index in [0.717, 1.165) is 52.0 Å². The molecule has 3 unspecified atom stereocenters. The van der Waals surface area contributed by atoms with Crippen LogP contribution < -0.4 is 25.2 Å². The van der Waals surface area contributed by atoms with Gasteiger partial charge in [0.25, 0.3) is 0 Å². The van der Waals surface area contributed by atoms with Crippen LogP contribution in [0.4, 0.5) is 10.1 Å². The molecule has 3 aliphatic heterocycles. The van der Waals surface area contributed by atoms with Gasteiger partial charge >= 0.3 is 0 Å². The quantitative estimate of drug-likeness (QED) is 0.620. The average molecular weight is 438 g/mol. The van der Waals surface area contributed by atoms with E-state index in [-0.39, 0.29) is 30.6 Å². The predicted molar refractivity (Wildman–Crippen MR) is 117 cm³/mol. The minimum Gasteiger partial charge on any atom is -0.454 e. The summed E-state index contributed by atoms with van der Waals surface area (Å²) in [5.74, 6) is 1.52. The van der Waals surface area contributed by atoms with Crippen molar-refractivity contribution in [3.63, 3.8) is 0 Å². The second kappa shape index (κ2) is 7.41. The van der Waals surface area contributed by atoms with E-state index in [0.29, 0.717) is 0 Å². The third kappa shape index (κ3) is 3.31. The summed E-state index contributed by atoms with van der Waals surface area (Å²) in [7, 11) is 0. The van der Waals surface area contributed by atoms with Gasteiger partial charge in [-0.05, 0) is 59.2 Å². The molecule has 3 heterocycles. The van der Waals surface area contributed by atoms with Crippen molar-refractivity contribution in [3.8, 4) is 11.5 Å². The van der Waals surface area contributed by atoms with Crippen molar-refractivity contribution in [2.75, 3.05) is 18.2 Å². The van der Waals surface area contributed by atoms with Crippen LogP contribution in [0.5, 0.6) is 11.5 Å². The molecule has 0 bridgehead atoms. The molecule has 1 fully saturated rings. The number of anilines is 1. The van der Waals surface area contributed by atoms with E-state index in [9.17, 15) is 4.39 Å². The molecule has 158 valence electrons.